The smallest absolute Gasteiger partial charge is 0.123 e. The Labute approximate surface area is 169 Å². The van der Waals surface area contributed by atoms with Crippen LogP contribution in [0.25, 0.3) is 0 Å². The minimum absolute atomic E-state index is 0.153. The normalized spacial score (nSPS) is 25.8. The molecule has 0 radical (unpaired) electrons. The Morgan fingerprint density at radius 1 is 0.929 bits per heavy atom. The maximum absolute atomic E-state index is 13.2. The highest BCUT2D eigenvalue weighted by Crippen LogP contribution is 2.47. The van der Waals surface area contributed by atoms with Gasteiger partial charge in [-0.15, -0.1) is 0 Å². The van der Waals surface area contributed by atoms with Crippen molar-refractivity contribution in [3.05, 3.63) is 71.0 Å². The first-order chi connectivity index (χ1) is 13.4. The molecule has 0 N–H and O–H groups in total. The van der Waals surface area contributed by atoms with Gasteiger partial charge in [-0.25, -0.2) is 4.39 Å². The van der Waals surface area contributed by atoms with Crippen molar-refractivity contribution in [2.45, 2.75) is 52.2 Å². The van der Waals surface area contributed by atoms with Gasteiger partial charge in [0, 0.05) is 38.3 Å². The first-order valence-corrected chi connectivity index (χ1v) is 10.8. The van der Waals surface area contributed by atoms with Gasteiger partial charge in [0.1, 0.15) is 5.82 Å². The van der Waals surface area contributed by atoms with E-state index in [4.69, 9.17) is 0 Å². The lowest BCUT2D eigenvalue weighted by molar-refractivity contribution is 0.158. The van der Waals surface area contributed by atoms with Gasteiger partial charge in [-0.05, 0) is 60.4 Å². The van der Waals surface area contributed by atoms with Gasteiger partial charge in [-0.3, -0.25) is 9.80 Å². The van der Waals surface area contributed by atoms with Crippen LogP contribution in [0, 0.1) is 17.7 Å². The van der Waals surface area contributed by atoms with Crippen molar-refractivity contribution >= 4 is 0 Å². The van der Waals surface area contributed by atoms with Crippen LogP contribution in [0.5, 0.6) is 0 Å². The van der Waals surface area contributed by atoms with E-state index in [9.17, 15) is 4.39 Å². The van der Waals surface area contributed by atoms with Crippen molar-refractivity contribution in [2.75, 3.05) is 19.6 Å². The summed E-state index contributed by atoms with van der Waals surface area (Å²) < 4.78 is 13.2. The summed E-state index contributed by atoms with van der Waals surface area (Å²) in [5, 5.41) is 0. The summed E-state index contributed by atoms with van der Waals surface area (Å²) in [4.78, 5) is 5.30. The average molecular weight is 381 g/mol. The highest BCUT2D eigenvalue weighted by Gasteiger charge is 2.48. The molecule has 2 aliphatic rings. The predicted octanol–water partition coefficient (Wildman–Crippen LogP) is 5.46. The van der Waals surface area contributed by atoms with E-state index in [-0.39, 0.29) is 5.82 Å². The third kappa shape index (κ3) is 3.75. The molecule has 0 bridgehead atoms. The largest absolute Gasteiger partial charge is 0.298 e. The Balaban J connectivity index is 1.58. The third-order valence-corrected chi connectivity index (χ3v) is 6.69. The number of hydrogen-bond donors (Lipinski definition) is 0. The maximum Gasteiger partial charge on any atom is 0.123 e. The summed E-state index contributed by atoms with van der Waals surface area (Å²) in [6.45, 7) is 13.7. The van der Waals surface area contributed by atoms with E-state index >= 15 is 0 Å². The zero-order chi connectivity index (χ0) is 19.8. The van der Waals surface area contributed by atoms with Crippen molar-refractivity contribution in [2.24, 2.45) is 11.8 Å². The second-order valence-electron chi connectivity index (χ2n) is 9.26. The minimum Gasteiger partial charge on any atom is -0.298 e. The Bertz CT molecular complexity index is 798. The monoisotopic (exact) mass is 380 g/mol. The fourth-order valence-electron chi connectivity index (χ4n) is 5.39. The van der Waals surface area contributed by atoms with Gasteiger partial charge in [-0.1, -0.05) is 50.2 Å². The molecule has 2 nitrogen and oxygen atoms in total. The molecule has 28 heavy (non-hydrogen) atoms. The summed E-state index contributed by atoms with van der Waals surface area (Å²) in [6, 6.07) is 17.1. The van der Waals surface area contributed by atoms with Crippen LogP contribution in [0.3, 0.4) is 0 Å². The lowest BCUT2D eigenvalue weighted by Crippen LogP contribution is -2.36. The molecule has 2 heterocycles. The standard InChI is InChI=1S/C25H33FN2/c1-17(2)22-7-5-6-8-23(22)25-24-16-27(13-19-9-11-21(26)12-10-19)14-20(24)15-28(25)18(3)4/h5-12,17-18,20,24-25H,13-16H2,1-4H3. The van der Waals surface area contributed by atoms with Crippen LogP contribution in [0.4, 0.5) is 4.39 Å². The number of hydrogen-bond acceptors (Lipinski definition) is 2. The topological polar surface area (TPSA) is 6.48 Å². The molecule has 4 rings (SSSR count). The maximum atomic E-state index is 13.2. The average Bonchev–Trinajstić information content (AvgIpc) is 3.20. The second-order valence-corrected chi connectivity index (χ2v) is 9.26. The van der Waals surface area contributed by atoms with Crippen LogP contribution >= 0.6 is 0 Å². The molecule has 0 amide bonds. The zero-order valence-corrected chi connectivity index (χ0v) is 17.6. The van der Waals surface area contributed by atoms with Gasteiger partial charge < -0.3 is 0 Å². The first-order valence-electron chi connectivity index (χ1n) is 10.8. The molecule has 0 aromatic heterocycles. The second kappa shape index (κ2) is 7.96. The molecule has 3 unspecified atom stereocenters. The van der Waals surface area contributed by atoms with Crippen molar-refractivity contribution in [3.8, 4) is 0 Å². The van der Waals surface area contributed by atoms with Gasteiger partial charge in [-0.2, -0.15) is 0 Å². The highest BCUT2D eigenvalue weighted by molar-refractivity contribution is 5.34. The van der Waals surface area contributed by atoms with E-state index < -0.39 is 0 Å². The molecule has 0 saturated carbocycles. The number of halogens is 1. The Morgan fingerprint density at radius 3 is 2.32 bits per heavy atom. The molecule has 150 valence electrons. The molecular formula is C25H33FN2. The summed E-state index contributed by atoms with van der Waals surface area (Å²) >= 11 is 0. The molecule has 2 aromatic rings. The minimum atomic E-state index is -0.153. The molecule has 0 aliphatic carbocycles. The van der Waals surface area contributed by atoms with Crippen molar-refractivity contribution < 1.29 is 4.39 Å². The number of likely N-dealkylation sites (tertiary alicyclic amines) is 2. The lowest BCUT2D eigenvalue weighted by Gasteiger charge is -2.34. The summed E-state index contributed by atoms with van der Waals surface area (Å²) in [6.07, 6.45) is 0. The van der Waals surface area contributed by atoms with Crippen LogP contribution < -0.4 is 0 Å². The van der Waals surface area contributed by atoms with Gasteiger partial charge in [0.05, 0.1) is 0 Å². The van der Waals surface area contributed by atoms with Gasteiger partial charge in [0.15, 0.2) is 0 Å². The quantitative estimate of drug-likeness (QED) is 0.679. The summed E-state index contributed by atoms with van der Waals surface area (Å²) in [5.74, 6) is 1.77. The molecule has 2 aromatic carbocycles. The van der Waals surface area contributed by atoms with Crippen LogP contribution in [-0.2, 0) is 6.54 Å². The van der Waals surface area contributed by atoms with E-state index in [1.165, 1.54) is 23.2 Å². The molecule has 2 aliphatic heterocycles. The van der Waals surface area contributed by atoms with Crippen LogP contribution in [0.2, 0.25) is 0 Å². The number of fused-ring (bicyclic) bond motifs is 1. The van der Waals surface area contributed by atoms with Crippen LogP contribution in [-0.4, -0.2) is 35.5 Å². The number of rotatable bonds is 5. The van der Waals surface area contributed by atoms with E-state index in [2.05, 4.69) is 61.8 Å². The Kier molecular flexibility index (Phi) is 5.57. The Morgan fingerprint density at radius 2 is 1.64 bits per heavy atom. The summed E-state index contributed by atoms with van der Waals surface area (Å²) in [5.41, 5.74) is 4.24. The van der Waals surface area contributed by atoms with Crippen molar-refractivity contribution in [3.63, 3.8) is 0 Å². The Hall–Kier alpha value is -1.71. The van der Waals surface area contributed by atoms with Gasteiger partial charge >= 0.3 is 0 Å². The first kappa shape index (κ1) is 19.6. The summed E-state index contributed by atoms with van der Waals surface area (Å²) in [7, 11) is 0. The molecule has 0 spiro atoms. The molecule has 3 atom stereocenters. The highest BCUT2D eigenvalue weighted by atomic mass is 19.1. The molecular weight excluding hydrogens is 347 g/mol. The molecule has 2 saturated heterocycles. The van der Waals surface area contributed by atoms with Gasteiger partial charge in [0.2, 0.25) is 0 Å². The predicted molar refractivity (Wildman–Crippen MR) is 114 cm³/mol. The SMILES string of the molecule is CC(C)c1ccccc1C1C2CN(Cc3ccc(F)cc3)CC2CN1C(C)C. The van der Waals surface area contributed by atoms with Gasteiger partial charge in [0.25, 0.3) is 0 Å². The lowest BCUT2D eigenvalue weighted by atomic mass is 9.84. The van der Waals surface area contributed by atoms with Crippen LogP contribution in [0.15, 0.2) is 48.5 Å². The number of benzene rings is 2. The van der Waals surface area contributed by atoms with E-state index in [1.54, 1.807) is 12.1 Å². The fourth-order valence-corrected chi connectivity index (χ4v) is 5.39. The van der Waals surface area contributed by atoms with Crippen LogP contribution in [0.1, 0.15) is 56.3 Å². The number of nitrogens with zero attached hydrogens (tertiary/aromatic N) is 2. The van der Waals surface area contributed by atoms with E-state index in [1.807, 2.05) is 12.1 Å². The third-order valence-electron chi connectivity index (χ3n) is 6.69. The molecule has 2 fully saturated rings. The van der Waals surface area contributed by atoms with E-state index in [0.29, 0.717) is 29.8 Å². The fraction of sp³-hybridized carbons (Fsp3) is 0.520. The molecule has 3 heteroatoms. The zero-order valence-electron chi connectivity index (χ0n) is 17.6. The van der Waals surface area contributed by atoms with E-state index in [0.717, 1.165) is 19.6 Å². The van der Waals surface area contributed by atoms with Crippen molar-refractivity contribution in [1.82, 2.24) is 9.80 Å². The van der Waals surface area contributed by atoms with Crippen molar-refractivity contribution in [1.29, 1.82) is 0 Å².